The maximum absolute atomic E-state index is 14.5. The number of aromatic amines is 1. The van der Waals surface area contributed by atoms with Gasteiger partial charge in [0.15, 0.2) is 11.0 Å². The molecule has 31 heavy (non-hydrogen) atoms. The third kappa shape index (κ3) is 3.66. The van der Waals surface area contributed by atoms with Crippen LogP contribution in [0.1, 0.15) is 5.69 Å². The van der Waals surface area contributed by atoms with Crippen molar-refractivity contribution in [1.29, 1.82) is 0 Å². The number of thioether (sulfide) groups is 1. The van der Waals surface area contributed by atoms with Crippen molar-refractivity contribution in [3.63, 3.8) is 0 Å². The molecule has 0 spiro atoms. The minimum absolute atomic E-state index is 0.0936. The second-order valence-corrected chi connectivity index (χ2v) is 7.89. The summed E-state index contributed by atoms with van der Waals surface area (Å²) in [5, 5.41) is 5.33. The number of fused-ring (bicyclic) bond motifs is 1. The lowest BCUT2D eigenvalue weighted by Crippen LogP contribution is -2.05. The Morgan fingerprint density at radius 2 is 1.74 bits per heavy atom. The van der Waals surface area contributed by atoms with Crippen molar-refractivity contribution in [1.82, 2.24) is 19.7 Å². The summed E-state index contributed by atoms with van der Waals surface area (Å²) in [7, 11) is 0. The molecule has 5 nitrogen and oxygen atoms in total. The zero-order valence-corrected chi connectivity index (χ0v) is 17.0. The van der Waals surface area contributed by atoms with Gasteiger partial charge in [-0.15, -0.1) is 0 Å². The van der Waals surface area contributed by atoms with Crippen LogP contribution in [-0.4, -0.2) is 19.7 Å². The fraction of sp³-hybridized carbons (Fsp3) is 0.0435. The molecule has 0 fully saturated rings. The molecule has 8 heteroatoms. The fourth-order valence-electron chi connectivity index (χ4n) is 3.47. The predicted octanol–water partition coefficient (Wildman–Crippen LogP) is 5.57. The van der Waals surface area contributed by atoms with Gasteiger partial charge in [-0.3, -0.25) is 0 Å². The van der Waals surface area contributed by atoms with E-state index in [1.165, 1.54) is 28.6 Å². The Morgan fingerprint density at radius 3 is 2.52 bits per heavy atom. The predicted molar refractivity (Wildman–Crippen MR) is 119 cm³/mol. The normalized spacial score (nSPS) is 11.3. The van der Waals surface area contributed by atoms with E-state index in [1.54, 1.807) is 0 Å². The Morgan fingerprint density at radius 1 is 0.968 bits per heavy atom. The first-order valence-corrected chi connectivity index (χ1v) is 10.5. The van der Waals surface area contributed by atoms with Gasteiger partial charge in [0.1, 0.15) is 17.3 Å². The zero-order chi connectivity index (χ0) is 21.4. The summed E-state index contributed by atoms with van der Waals surface area (Å²) in [6, 6.07) is 20.7. The van der Waals surface area contributed by atoms with Gasteiger partial charge >= 0.3 is 0 Å². The molecule has 0 unspecified atom stereocenters. The first-order valence-electron chi connectivity index (χ1n) is 9.56. The van der Waals surface area contributed by atoms with Crippen molar-refractivity contribution in [3.8, 4) is 16.8 Å². The number of hydrogen-bond donors (Lipinski definition) is 2. The number of aromatic nitrogens is 4. The van der Waals surface area contributed by atoms with Crippen LogP contribution in [0.2, 0.25) is 0 Å². The molecular weight excluding hydrogens is 416 g/mol. The molecule has 5 rings (SSSR count). The second-order valence-electron chi connectivity index (χ2n) is 6.93. The number of anilines is 1. The van der Waals surface area contributed by atoms with Gasteiger partial charge in [-0.1, -0.05) is 54.2 Å². The van der Waals surface area contributed by atoms with Crippen LogP contribution in [0.25, 0.3) is 27.8 Å². The van der Waals surface area contributed by atoms with E-state index in [2.05, 4.69) is 15.1 Å². The van der Waals surface area contributed by atoms with Crippen molar-refractivity contribution in [3.05, 3.63) is 90.1 Å². The van der Waals surface area contributed by atoms with E-state index in [0.717, 1.165) is 27.8 Å². The third-order valence-electron chi connectivity index (χ3n) is 4.91. The molecule has 0 atom stereocenters. The highest BCUT2D eigenvalue weighted by Crippen LogP contribution is 2.35. The Hall–Kier alpha value is -3.65. The summed E-state index contributed by atoms with van der Waals surface area (Å²) in [6.07, 6.45) is 0. The van der Waals surface area contributed by atoms with E-state index in [1.807, 2.05) is 54.6 Å². The van der Waals surface area contributed by atoms with Crippen molar-refractivity contribution >= 4 is 28.6 Å². The number of nitrogens with zero attached hydrogens (tertiary/aromatic N) is 3. The molecule has 5 aromatic rings. The van der Waals surface area contributed by atoms with Crippen molar-refractivity contribution in [2.24, 2.45) is 0 Å². The molecule has 2 heterocycles. The molecule has 0 aliphatic heterocycles. The van der Waals surface area contributed by atoms with Crippen LogP contribution in [0.4, 0.5) is 14.6 Å². The molecule has 0 aliphatic carbocycles. The molecular formula is C23H17F2N5S. The molecule has 0 radical (unpaired) electrons. The number of halogens is 2. The SMILES string of the molecule is Nc1c(-c2ccccc2)c(CSc2nc3ccccc3[nH]2)nn1-c1ccc(F)cc1F. The van der Waals surface area contributed by atoms with E-state index < -0.39 is 11.6 Å². The summed E-state index contributed by atoms with van der Waals surface area (Å²) < 4.78 is 29.2. The topological polar surface area (TPSA) is 72.5 Å². The van der Waals surface area contributed by atoms with Crippen LogP contribution in [0, 0.1) is 11.6 Å². The number of imidazole rings is 1. The number of hydrogen-bond acceptors (Lipinski definition) is 4. The molecule has 154 valence electrons. The Labute approximate surface area is 180 Å². The standard InChI is InChI=1S/C23H17F2N5S/c24-15-10-11-20(16(25)12-15)30-22(26)21(14-6-2-1-3-7-14)19(29-30)13-31-23-27-17-8-4-5-9-18(17)28-23/h1-12H,13,26H2,(H,27,28). The molecule has 3 aromatic carbocycles. The summed E-state index contributed by atoms with van der Waals surface area (Å²) >= 11 is 1.48. The van der Waals surface area contributed by atoms with Crippen LogP contribution >= 0.6 is 11.8 Å². The molecule has 3 N–H and O–H groups in total. The van der Waals surface area contributed by atoms with Gasteiger partial charge in [-0.05, 0) is 29.8 Å². The lowest BCUT2D eigenvalue weighted by atomic mass is 10.1. The van der Waals surface area contributed by atoms with Crippen molar-refractivity contribution in [2.45, 2.75) is 10.9 Å². The number of nitrogens with two attached hydrogens (primary N) is 1. The number of nitrogens with one attached hydrogen (secondary N) is 1. The zero-order valence-electron chi connectivity index (χ0n) is 16.2. The smallest absolute Gasteiger partial charge is 0.166 e. The van der Waals surface area contributed by atoms with Gasteiger partial charge in [0.05, 0.1) is 16.7 Å². The van der Waals surface area contributed by atoms with Crippen LogP contribution in [0.5, 0.6) is 0 Å². The van der Waals surface area contributed by atoms with E-state index >= 15 is 0 Å². The van der Waals surface area contributed by atoms with Crippen LogP contribution in [0.3, 0.4) is 0 Å². The average Bonchev–Trinajstić information content (AvgIpc) is 3.33. The second kappa shape index (κ2) is 7.88. The Balaban J connectivity index is 1.56. The van der Waals surface area contributed by atoms with Crippen molar-refractivity contribution in [2.75, 3.05) is 5.73 Å². The van der Waals surface area contributed by atoms with Crippen LogP contribution in [0.15, 0.2) is 78.0 Å². The number of benzene rings is 3. The molecule has 0 amide bonds. The molecule has 2 aromatic heterocycles. The molecule has 0 aliphatic rings. The van der Waals surface area contributed by atoms with Gasteiger partial charge < -0.3 is 10.7 Å². The van der Waals surface area contributed by atoms with E-state index in [4.69, 9.17) is 5.73 Å². The number of rotatable bonds is 5. The third-order valence-corrected chi connectivity index (χ3v) is 5.79. The molecule has 0 saturated carbocycles. The summed E-state index contributed by atoms with van der Waals surface area (Å²) in [5.74, 6) is -0.637. The van der Waals surface area contributed by atoms with Gasteiger partial charge in [0.2, 0.25) is 0 Å². The van der Waals surface area contributed by atoms with Gasteiger partial charge in [-0.2, -0.15) is 5.10 Å². The number of nitrogen functional groups attached to an aromatic ring is 1. The largest absolute Gasteiger partial charge is 0.383 e. The minimum atomic E-state index is -0.731. The quantitative estimate of drug-likeness (QED) is 0.356. The first-order chi connectivity index (χ1) is 15.1. The number of para-hydroxylation sites is 2. The Bertz CT molecular complexity index is 1340. The Kier molecular flexibility index (Phi) is 4.91. The van der Waals surface area contributed by atoms with Crippen LogP contribution < -0.4 is 5.73 Å². The average molecular weight is 433 g/mol. The van der Waals surface area contributed by atoms with Crippen LogP contribution in [-0.2, 0) is 5.75 Å². The van der Waals surface area contributed by atoms with E-state index in [-0.39, 0.29) is 11.5 Å². The first kappa shape index (κ1) is 19.3. The van der Waals surface area contributed by atoms with Crippen molar-refractivity contribution < 1.29 is 8.78 Å². The van der Waals surface area contributed by atoms with E-state index in [0.29, 0.717) is 17.0 Å². The van der Waals surface area contributed by atoms with Gasteiger partial charge in [-0.25, -0.2) is 18.4 Å². The highest BCUT2D eigenvalue weighted by molar-refractivity contribution is 7.98. The highest BCUT2D eigenvalue weighted by Gasteiger charge is 2.21. The monoisotopic (exact) mass is 433 g/mol. The summed E-state index contributed by atoms with van der Waals surface area (Å²) in [5.41, 5.74) is 10.6. The lowest BCUT2D eigenvalue weighted by molar-refractivity contribution is 0.574. The number of H-pyrrole nitrogens is 1. The summed E-state index contributed by atoms with van der Waals surface area (Å²) in [4.78, 5) is 7.86. The maximum Gasteiger partial charge on any atom is 0.166 e. The molecule has 0 saturated heterocycles. The summed E-state index contributed by atoms with van der Waals surface area (Å²) in [6.45, 7) is 0. The fourth-order valence-corrected chi connectivity index (χ4v) is 4.29. The van der Waals surface area contributed by atoms with E-state index in [9.17, 15) is 8.78 Å². The highest BCUT2D eigenvalue weighted by atomic mass is 32.2. The minimum Gasteiger partial charge on any atom is -0.383 e. The van der Waals surface area contributed by atoms with Gasteiger partial charge in [0, 0.05) is 17.4 Å². The van der Waals surface area contributed by atoms with Gasteiger partial charge in [0.25, 0.3) is 0 Å². The maximum atomic E-state index is 14.5. The molecule has 0 bridgehead atoms. The lowest BCUT2D eigenvalue weighted by Gasteiger charge is -2.06.